The summed E-state index contributed by atoms with van der Waals surface area (Å²) in [5.74, 6) is 0.925. The van der Waals surface area contributed by atoms with Crippen LogP contribution in [0.4, 0.5) is 5.13 Å². The van der Waals surface area contributed by atoms with Crippen molar-refractivity contribution in [3.05, 3.63) is 20.8 Å². The van der Waals surface area contributed by atoms with E-state index >= 15 is 0 Å². The Labute approximate surface area is 151 Å². The Hall–Kier alpha value is -1.78. The van der Waals surface area contributed by atoms with Crippen LogP contribution < -0.4 is 5.32 Å². The van der Waals surface area contributed by atoms with Gasteiger partial charge in [0.25, 0.3) is 0 Å². The van der Waals surface area contributed by atoms with E-state index in [4.69, 9.17) is 0 Å². The van der Waals surface area contributed by atoms with E-state index in [2.05, 4.69) is 44.9 Å². The Kier molecular flexibility index (Phi) is 4.97. The van der Waals surface area contributed by atoms with E-state index in [0.29, 0.717) is 10.3 Å². The van der Waals surface area contributed by atoms with Crippen LogP contribution in [0.3, 0.4) is 0 Å². The molecule has 1 N–H and O–H groups in total. The lowest BCUT2D eigenvalue weighted by molar-refractivity contribution is -0.113. The maximum atomic E-state index is 12.0. The van der Waals surface area contributed by atoms with Crippen LogP contribution in [-0.2, 0) is 11.8 Å². The van der Waals surface area contributed by atoms with Crippen molar-refractivity contribution >= 4 is 45.5 Å². The van der Waals surface area contributed by atoms with Gasteiger partial charge in [-0.2, -0.15) is 0 Å². The molecule has 3 rings (SSSR count). The third kappa shape index (κ3) is 3.50. The van der Waals surface area contributed by atoms with E-state index in [1.54, 1.807) is 11.3 Å². The summed E-state index contributed by atoms with van der Waals surface area (Å²) in [6, 6.07) is 0. The monoisotopic (exact) mass is 380 g/mol. The molecule has 0 aliphatic rings. The van der Waals surface area contributed by atoms with Gasteiger partial charge in [0, 0.05) is 22.9 Å². The quantitative estimate of drug-likeness (QED) is 0.685. The van der Waals surface area contributed by atoms with E-state index in [1.807, 2.05) is 18.5 Å². The molecule has 7 nitrogen and oxygen atoms in total. The molecule has 24 heavy (non-hydrogen) atoms. The smallest absolute Gasteiger partial charge is 0.236 e. The first-order valence-electron chi connectivity index (χ1n) is 7.13. The molecule has 0 saturated carbocycles. The highest BCUT2D eigenvalue weighted by atomic mass is 32.2. The second-order valence-electron chi connectivity index (χ2n) is 5.16. The van der Waals surface area contributed by atoms with Crippen molar-refractivity contribution in [2.24, 2.45) is 7.05 Å². The van der Waals surface area contributed by atoms with Crippen LogP contribution in [0.2, 0.25) is 0 Å². The van der Waals surface area contributed by atoms with E-state index in [9.17, 15) is 4.79 Å². The number of aromatic nitrogens is 5. The second-order valence-corrected chi connectivity index (χ2v) is 8.37. The summed E-state index contributed by atoms with van der Waals surface area (Å²) in [6.45, 7) is 6.02. The standard InChI is InChI=1S/C14H16N6OS3/c1-7-8(2)22-5-10(7)12-17-19-14(20(12)4)23-6-11(21)15-13-18-16-9(3)24-13/h5H,6H2,1-4H3,(H,15,18,21). The van der Waals surface area contributed by atoms with Crippen LogP contribution in [0.5, 0.6) is 0 Å². The lowest BCUT2D eigenvalue weighted by atomic mass is 10.2. The Morgan fingerprint density at radius 3 is 2.67 bits per heavy atom. The first-order chi connectivity index (χ1) is 11.5. The van der Waals surface area contributed by atoms with Crippen molar-refractivity contribution in [3.8, 4) is 11.4 Å². The molecule has 0 bridgehead atoms. The molecule has 0 aliphatic carbocycles. The van der Waals surface area contributed by atoms with Gasteiger partial charge in [0.1, 0.15) is 5.01 Å². The van der Waals surface area contributed by atoms with Crippen molar-refractivity contribution in [2.75, 3.05) is 11.1 Å². The molecule has 0 radical (unpaired) electrons. The van der Waals surface area contributed by atoms with Crippen molar-refractivity contribution in [2.45, 2.75) is 25.9 Å². The summed E-state index contributed by atoms with van der Waals surface area (Å²) in [5.41, 5.74) is 2.31. The zero-order chi connectivity index (χ0) is 17.3. The predicted octanol–water partition coefficient (Wildman–Crippen LogP) is 3.05. The summed E-state index contributed by atoms with van der Waals surface area (Å²) in [4.78, 5) is 13.3. The average molecular weight is 381 g/mol. The molecule has 0 aliphatic heterocycles. The van der Waals surface area contributed by atoms with Crippen LogP contribution in [0.15, 0.2) is 10.5 Å². The molecular formula is C14H16N6OS3. The number of hydrogen-bond acceptors (Lipinski definition) is 8. The molecule has 0 saturated heterocycles. The lowest BCUT2D eigenvalue weighted by Gasteiger charge is -2.04. The van der Waals surface area contributed by atoms with Crippen LogP contribution >= 0.6 is 34.4 Å². The molecule has 0 fully saturated rings. The summed E-state index contributed by atoms with van der Waals surface area (Å²) in [7, 11) is 1.91. The number of amides is 1. The molecule has 3 aromatic rings. The SMILES string of the molecule is Cc1nnc(NC(=O)CSc2nnc(-c3csc(C)c3C)n2C)s1. The largest absolute Gasteiger partial charge is 0.305 e. The van der Waals surface area contributed by atoms with Gasteiger partial charge in [-0.1, -0.05) is 23.1 Å². The first-order valence-corrected chi connectivity index (χ1v) is 9.81. The van der Waals surface area contributed by atoms with E-state index < -0.39 is 0 Å². The number of rotatable bonds is 5. The van der Waals surface area contributed by atoms with Gasteiger partial charge >= 0.3 is 0 Å². The van der Waals surface area contributed by atoms with Crippen molar-refractivity contribution in [1.29, 1.82) is 0 Å². The Balaban J connectivity index is 1.66. The summed E-state index contributed by atoms with van der Waals surface area (Å²) in [5, 5.41) is 23.1. The first kappa shape index (κ1) is 17.1. The summed E-state index contributed by atoms with van der Waals surface area (Å²) in [6.07, 6.45) is 0. The Morgan fingerprint density at radius 2 is 2.04 bits per heavy atom. The molecule has 3 aromatic heterocycles. The predicted molar refractivity (Wildman–Crippen MR) is 97.8 cm³/mol. The third-order valence-corrected chi connectivity index (χ3v) is 6.25. The number of carbonyl (C=O) groups is 1. The van der Waals surface area contributed by atoms with Gasteiger partial charge < -0.3 is 4.57 Å². The normalized spacial score (nSPS) is 11.0. The minimum Gasteiger partial charge on any atom is -0.305 e. The van der Waals surface area contributed by atoms with Gasteiger partial charge in [-0.25, -0.2) is 0 Å². The number of anilines is 1. The van der Waals surface area contributed by atoms with Gasteiger partial charge in [-0.05, 0) is 26.3 Å². The fourth-order valence-corrected chi connectivity index (χ4v) is 4.22. The fraction of sp³-hybridized carbons (Fsp3) is 0.357. The molecule has 126 valence electrons. The van der Waals surface area contributed by atoms with E-state index in [-0.39, 0.29) is 11.7 Å². The Bertz CT molecular complexity index is 881. The number of nitrogens with one attached hydrogen (secondary N) is 1. The van der Waals surface area contributed by atoms with Crippen molar-refractivity contribution < 1.29 is 4.79 Å². The zero-order valence-electron chi connectivity index (χ0n) is 13.7. The van der Waals surface area contributed by atoms with Gasteiger partial charge in [-0.3, -0.25) is 10.1 Å². The topological polar surface area (TPSA) is 85.6 Å². The highest BCUT2D eigenvalue weighted by Crippen LogP contribution is 2.30. The fourth-order valence-electron chi connectivity index (χ4n) is 2.04. The van der Waals surface area contributed by atoms with Crippen molar-refractivity contribution in [1.82, 2.24) is 25.0 Å². The second kappa shape index (κ2) is 6.99. The van der Waals surface area contributed by atoms with Crippen LogP contribution in [0.1, 0.15) is 15.4 Å². The number of thiophene rings is 1. The number of carbonyl (C=O) groups excluding carboxylic acids is 1. The number of nitrogens with zero attached hydrogens (tertiary/aromatic N) is 5. The Morgan fingerprint density at radius 1 is 1.25 bits per heavy atom. The molecule has 0 aromatic carbocycles. The number of thioether (sulfide) groups is 1. The van der Waals surface area contributed by atoms with Crippen molar-refractivity contribution in [3.63, 3.8) is 0 Å². The third-order valence-electron chi connectivity index (χ3n) is 3.47. The number of aryl methyl sites for hydroxylation is 2. The van der Waals surface area contributed by atoms with Crippen LogP contribution in [0.25, 0.3) is 11.4 Å². The minimum absolute atomic E-state index is 0.136. The molecule has 0 unspecified atom stereocenters. The van der Waals surface area contributed by atoms with Gasteiger partial charge in [-0.15, -0.1) is 31.7 Å². The molecular weight excluding hydrogens is 364 g/mol. The zero-order valence-corrected chi connectivity index (χ0v) is 16.1. The molecule has 1 amide bonds. The highest BCUT2D eigenvalue weighted by Gasteiger charge is 2.16. The van der Waals surface area contributed by atoms with Gasteiger partial charge in [0.05, 0.1) is 5.75 Å². The summed E-state index contributed by atoms with van der Waals surface area (Å²) < 4.78 is 1.92. The number of hydrogen-bond donors (Lipinski definition) is 1. The summed E-state index contributed by atoms with van der Waals surface area (Å²) >= 11 is 4.40. The molecule has 0 atom stereocenters. The molecule has 0 spiro atoms. The van der Waals surface area contributed by atoms with E-state index in [0.717, 1.165) is 16.4 Å². The van der Waals surface area contributed by atoms with E-state index in [1.165, 1.54) is 33.5 Å². The average Bonchev–Trinajstić information content (AvgIpc) is 3.20. The minimum atomic E-state index is -0.136. The molecule has 10 heteroatoms. The maximum Gasteiger partial charge on any atom is 0.236 e. The van der Waals surface area contributed by atoms with Gasteiger partial charge in [0.15, 0.2) is 11.0 Å². The highest BCUT2D eigenvalue weighted by molar-refractivity contribution is 7.99. The maximum absolute atomic E-state index is 12.0. The van der Waals surface area contributed by atoms with Gasteiger partial charge in [0.2, 0.25) is 11.0 Å². The lowest BCUT2D eigenvalue weighted by Crippen LogP contribution is -2.14. The van der Waals surface area contributed by atoms with Crippen LogP contribution in [0, 0.1) is 20.8 Å². The molecule has 3 heterocycles. The van der Waals surface area contributed by atoms with Crippen LogP contribution in [-0.4, -0.2) is 36.6 Å².